The SMILES string of the molecule is CCNC(=NCC(c1ccc(F)cc1)N1CCOCC1)NCCCCCC(=O)OC. The van der Waals surface area contributed by atoms with E-state index in [0.29, 0.717) is 26.2 Å². The highest BCUT2D eigenvalue weighted by molar-refractivity contribution is 5.79. The number of halogens is 1. The van der Waals surface area contributed by atoms with Crippen LogP contribution in [0.1, 0.15) is 44.2 Å². The number of carbonyl (C=O) groups excluding carboxylic acids is 1. The van der Waals surface area contributed by atoms with E-state index in [2.05, 4.69) is 20.3 Å². The van der Waals surface area contributed by atoms with Crippen molar-refractivity contribution in [1.29, 1.82) is 0 Å². The fourth-order valence-corrected chi connectivity index (χ4v) is 3.41. The number of benzene rings is 1. The number of guanidine groups is 1. The Balaban J connectivity index is 1.92. The summed E-state index contributed by atoms with van der Waals surface area (Å²) < 4.78 is 23.5. The van der Waals surface area contributed by atoms with Crippen molar-refractivity contribution in [3.05, 3.63) is 35.6 Å². The molecule has 0 radical (unpaired) electrons. The Morgan fingerprint density at radius 2 is 1.93 bits per heavy atom. The second kappa shape index (κ2) is 13.9. The van der Waals surface area contributed by atoms with Crippen molar-refractivity contribution < 1.29 is 18.7 Å². The first kappa shape index (κ1) is 24.1. The van der Waals surface area contributed by atoms with E-state index in [9.17, 15) is 9.18 Å². The molecule has 1 atom stereocenters. The van der Waals surface area contributed by atoms with E-state index >= 15 is 0 Å². The van der Waals surface area contributed by atoms with Gasteiger partial charge < -0.3 is 20.1 Å². The van der Waals surface area contributed by atoms with Gasteiger partial charge >= 0.3 is 5.97 Å². The molecule has 168 valence electrons. The van der Waals surface area contributed by atoms with Crippen LogP contribution in [-0.4, -0.2) is 69.9 Å². The molecule has 0 aromatic heterocycles. The second-order valence-electron chi connectivity index (χ2n) is 7.25. The quantitative estimate of drug-likeness (QED) is 0.247. The molecule has 0 amide bonds. The third-order valence-corrected chi connectivity index (χ3v) is 5.09. The average Bonchev–Trinajstić information content (AvgIpc) is 2.77. The Morgan fingerprint density at radius 1 is 1.20 bits per heavy atom. The van der Waals surface area contributed by atoms with Gasteiger partial charge in [-0.2, -0.15) is 0 Å². The standard InChI is InChI=1S/C22H35FN4O3/c1-3-24-22(25-12-6-4-5-7-21(28)29-2)26-17-20(27-13-15-30-16-14-27)18-8-10-19(23)11-9-18/h8-11,20H,3-7,12-17H2,1-2H3,(H2,24,25,26). The van der Waals surface area contributed by atoms with Crippen LogP contribution in [0.5, 0.6) is 0 Å². The van der Waals surface area contributed by atoms with Crippen molar-refractivity contribution in [2.75, 3.05) is 53.0 Å². The van der Waals surface area contributed by atoms with Gasteiger partial charge in [0.15, 0.2) is 5.96 Å². The molecule has 1 unspecified atom stereocenters. The Morgan fingerprint density at radius 3 is 2.60 bits per heavy atom. The third kappa shape index (κ3) is 8.67. The van der Waals surface area contributed by atoms with Crippen LogP contribution in [0.25, 0.3) is 0 Å². The number of hydrogen-bond donors (Lipinski definition) is 2. The summed E-state index contributed by atoms with van der Waals surface area (Å²) in [7, 11) is 1.42. The minimum atomic E-state index is -0.231. The van der Waals surface area contributed by atoms with Gasteiger partial charge in [-0.3, -0.25) is 14.7 Å². The van der Waals surface area contributed by atoms with Gasteiger partial charge in [0, 0.05) is 32.6 Å². The highest BCUT2D eigenvalue weighted by Gasteiger charge is 2.22. The molecule has 30 heavy (non-hydrogen) atoms. The number of esters is 1. The topological polar surface area (TPSA) is 75.2 Å². The average molecular weight is 423 g/mol. The summed E-state index contributed by atoms with van der Waals surface area (Å²) >= 11 is 0. The molecule has 0 aliphatic carbocycles. The van der Waals surface area contributed by atoms with E-state index in [1.807, 2.05) is 19.1 Å². The van der Waals surface area contributed by atoms with Crippen LogP contribution >= 0.6 is 0 Å². The van der Waals surface area contributed by atoms with E-state index in [0.717, 1.165) is 57.0 Å². The molecule has 1 heterocycles. The molecule has 1 saturated heterocycles. The van der Waals surface area contributed by atoms with Gasteiger partial charge in [0.05, 0.1) is 32.9 Å². The van der Waals surface area contributed by atoms with Crippen LogP contribution in [0.3, 0.4) is 0 Å². The number of aliphatic imine (C=N–C) groups is 1. The van der Waals surface area contributed by atoms with Crippen molar-refractivity contribution in [3.63, 3.8) is 0 Å². The molecule has 7 nitrogen and oxygen atoms in total. The monoisotopic (exact) mass is 422 g/mol. The molecule has 1 aromatic rings. The largest absolute Gasteiger partial charge is 0.469 e. The van der Waals surface area contributed by atoms with Crippen LogP contribution in [0.15, 0.2) is 29.3 Å². The third-order valence-electron chi connectivity index (χ3n) is 5.09. The summed E-state index contributed by atoms with van der Waals surface area (Å²) in [6.07, 6.45) is 3.19. The second-order valence-corrected chi connectivity index (χ2v) is 7.25. The van der Waals surface area contributed by atoms with Crippen LogP contribution < -0.4 is 10.6 Å². The molecule has 0 spiro atoms. The Kier molecular flexibility index (Phi) is 11.2. The summed E-state index contributed by atoms with van der Waals surface area (Å²) in [6.45, 7) is 7.23. The summed E-state index contributed by atoms with van der Waals surface area (Å²) in [6, 6.07) is 6.76. The number of methoxy groups -OCH3 is 1. The van der Waals surface area contributed by atoms with Crippen LogP contribution in [0, 0.1) is 5.82 Å². The van der Waals surface area contributed by atoms with Crippen molar-refractivity contribution >= 4 is 11.9 Å². The predicted molar refractivity (Wildman–Crippen MR) is 116 cm³/mol. The number of ether oxygens (including phenoxy) is 2. The molecule has 1 aliphatic rings. The highest BCUT2D eigenvalue weighted by atomic mass is 19.1. The zero-order chi connectivity index (χ0) is 21.6. The predicted octanol–water partition coefficient (Wildman–Crippen LogP) is 2.49. The van der Waals surface area contributed by atoms with Gasteiger partial charge in [-0.1, -0.05) is 18.6 Å². The molecule has 0 saturated carbocycles. The van der Waals surface area contributed by atoms with E-state index in [-0.39, 0.29) is 17.8 Å². The molecule has 1 aromatic carbocycles. The van der Waals surface area contributed by atoms with Gasteiger partial charge in [-0.05, 0) is 37.5 Å². The maximum Gasteiger partial charge on any atom is 0.305 e. The lowest BCUT2D eigenvalue weighted by Crippen LogP contribution is -2.42. The first-order valence-electron chi connectivity index (χ1n) is 10.8. The maximum absolute atomic E-state index is 13.4. The molecule has 8 heteroatoms. The van der Waals surface area contributed by atoms with E-state index in [1.165, 1.54) is 19.2 Å². The maximum atomic E-state index is 13.4. The lowest BCUT2D eigenvalue weighted by molar-refractivity contribution is -0.140. The minimum Gasteiger partial charge on any atom is -0.469 e. The van der Waals surface area contributed by atoms with Crippen molar-refractivity contribution in [2.24, 2.45) is 4.99 Å². The Bertz CT molecular complexity index is 648. The Hall–Kier alpha value is -2.19. The number of unbranched alkanes of at least 4 members (excludes halogenated alkanes) is 2. The molecule has 1 aliphatic heterocycles. The zero-order valence-corrected chi connectivity index (χ0v) is 18.2. The summed E-state index contributed by atoms with van der Waals surface area (Å²) in [5.74, 6) is 0.379. The fourth-order valence-electron chi connectivity index (χ4n) is 3.41. The van der Waals surface area contributed by atoms with E-state index < -0.39 is 0 Å². The highest BCUT2D eigenvalue weighted by Crippen LogP contribution is 2.22. The number of nitrogens with zero attached hydrogens (tertiary/aromatic N) is 2. The number of rotatable bonds is 11. The number of nitrogens with one attached hydrogen (secondary N) is 2. The van der Waals surface area contributed by atoms with Gasteiger partial charge in [0.2, 0.25) is 0 Å². The molecular weight excluding hydrogens is 387 g/mol. The first-order chi connectivity index (χ1) is 14.6. The zero-order valence-electron chi connectivity index (χ0n) is 18.2. The van der Waals surface area contributed by atoms with Crippen LogP contribution in [0.4, 0.5) is 4.39 Å². The van der Waals surface area contributed by atoms with Gasteiger partial charge in [-0.15, -0.1) is 0 Å². The summed E-state index contributed by atoms with van der Waals surface area (Å²) in [5, 5.41) is 6.64. The first-order valence-corrected chi connectivity index (χ1v) is 10.8. The number of hydrogen-bond acceptors (Lipinski definition) is 5. The summed E-state index contributed by atoms with van der Waals surface area (Å²) in [5.41, 5.74) is 1.06. The van der Waals surface area contributed by atoms with Gasteiger partial charge in [0.1, 0.15) is 5.82 Å². The minimum absolute atomic E-state index is 0.0741. The smallest absolute Gasteiger partial charge is 0.305 e. The van der Waals surface area contributed by atoms with Crippen molar-refractivity contribution in [3.8, 4) is 0 Å². The van der Waals surface area contributed by atoms with Crippen molar-refractivity contribution in [1.82, 2.24) is 15.5 Å². The molecule has 2 N–H and O–H groups in total. The van der Waals surface area contributed by atoms with E-state index in [4.69, 9.17) is 9.73 Å². The summed E-state index contributed by atoms with van der Waals surface area (Å²) in [4.78, 5) is 18.3. The lowest BCUT2D eigenvalue weighted by atomic mass is 10.0. The van der Waals surface area contributed by atoms with Gasteiger partial charge in [0.25, 0.3) is 0 Å². The number of morpholine rings is 1. The van der Waals surface area contributed by atoms with Crippen LogP contribution in [0.2, 0.25) is 0 Å². The molecule has 2 rings (SSSR count). The lowest BCUT2D eigenvalue weighted by Gasteiger charge is -2.34. The molecule has 1 fully saturated rings. The van der Waals surface area contributed by atoms with Crippen LogP contribution in [-0.2, 0) is 14.3 Å². The fraction of sp³-hybridized carbons (Fsp3) is 0.636. The molecular formula is C22H35FN4O3. The van der Waals surface area contributed by atoms with Gasteiger partial charge in [-0.25, -0.2) is 4.39 Å². The van der Waals surface area contributed by atoms with Crippen molar-refractivity contribution in [2.45, 2.75) is 38.6 Å². The normalized spacial score (nSPS) is 16.2. The van der Waals surface area contributed by atoms with E-state index in [1.54, 1.807) is 0 Å². The molecule has 0 bridgehead atoms. The Labute approximate surface area is 179 Å². The number of carbonyl (C=O) groups is 1.